The van der Waals surface area contributed by atoms with E-state index in [9.17, 15) is 14.9 Å². The first-order valence-corrected chi connectivity index (χ1v) is 7.83. The molecule has 0 saturated heterocycles. The summed E-state index contributed by atoms with van der Waals surface area (Å²) in [6, 6.07) is 10.8. The summed E-state index contributed by atoms with van der Waals surface area (Å²) < 4.78 is 6.04. The molecule has 2 N–H and O–H groups in total. The lowest BCUT2D eigenvalue weighted by atomic mass is 10.2. The van der Waals surface area contributed by atoms with Gasteiger partial charge in [0.05, 0.1) is 9.40 Å². The number of nitrogens with two attached hydrogens (primary N) is 1. The number of halogens is 1. The zero-order chi connectivity index (χ0) is 18.4. The molecule has 0 spiro atoms. The standard InChI is InChI=1S/C16H14BrN3O5/c1-10-2-7-14(13(17)8-10)24-9-15(21)25-19-16(18)11-3-5-12(6-4-11)20(22)23/h2-8H,9H2,1H3,(H2,18,19). The lowest BCUT2D eigenvalue weighted by Gasteiger charge is -2.07. The number of nitro benzene ring substituents is 1. The minimum atomic E-state index is -0.739. The Hall–Kier alpha value is -2.94. The number of ether oxygens (including phenoxy) is 1. The van der Waals surface area contributed by atoms with E-state index in [2.05, 4.69) is 25.9 Å². The second-order valence-corrected chi connectivity index (χ2v) is 5.82. The molecule has 0 unspecified atom stereocenters. The smallest absolute Gasteiger partial charge is 0.372 e. The average Bonchev–Trinajstić information content (AvgIpc) is 2.59. The van der Waals surface area contributed by atoms with Gasteiger partial charge < -0.3 is 15.3 Å². The van der Waals surface area contributed by atoms with Gasteiger partial charge in [-0.2, -0.15) is 0 Å². The number of carbonyl (C=O) groups excluding carboxylic acids is 1. The molecule has 0 fully saturated rings. The van der Waals surface area contributed by atoms with Gasteiger partial charge in [-0.3, -0.25) is 10.1 Å². The molecule has 0 amide bonds. The van der Waals surface area contributed by atoms with Crippen molar-refractivity contribution in [3.63, 3.8) is 0 Å². The number of amidine groups is 1. The van der Waals surface area contributed by atoms with Crippen LogP contribution in [0.15, 0.2) is 52.1 Å². The lowest BCUT2D eigenvalue weighted by molar-refractivity contribution is -0.384. The monoisotopic (exact) mass is 407 g/mol. The molecule has 9 heteroatoms. The molecule has 0 aliphatic rings. The summed E-state index contributed by atoms with van der Waals surface area (Å²) in [6.07, 6.45) is 0. The lowest BCUT2D eigenvalue weighted by Crippen LogP contribution is -2.18. The van der Waals surface area contributed by atoms with E-state index in [0.717, 1.165) is 5.56 Å². The quantitative estimate of drug-likeness (QED) is 0.258. The minimum absolute atomic E-state index is 0.0781. The number of non-ortho nitro benzene ring substituents is 1. The zero-order valence-corrected chi connectivity index (χ0v) is 14.7. The van der Waals surface area contributed by atoms with Gasteiger partial charge in [0.1, 0.15) is 5.75 Å². The minimum Gasteiger partial charge on any atom is -0.481 e. The van der Waals surface area contributed by atoms with E-state index in [4.69, 9.17) is 10.5 Å². The number of hydrogen-bond donors (Lipinski definition) is 1. The summed E-state index contributed by atoms with van der Waals surface area (Å²) >= 11 is 3.33. The molecule has 0 aliphatic heterocycles. The van der Waals surface area contributed by atoms with Crippen LogP contribution in [0.3, 0.4) is 0 Å². The van der Waals surface area contributed by atoms with E-state index >= 15 is 0 Å². The number of nitro groups is 1. The normalized spacial score (nSPS) is 11.0. The second-order valence-electron chi connectivity index (χ2n) is 4.97. The molecule has 0 bridgehead atoms. The van der Waals surface area contributed by atoms with Gasteiger partial charge in [-0.15, -0.1) is 0 Å². The summed E-state index contributed by atoms with van der Waals surface area (Å²) in [5.41, 5.74) is 7.03. The first kappa shape index (κ1) is 18.4. The van der Waals surface area contributed by atoms with Gasteiger partial charge in [-0.05, 0) is 52.7 Å². The molecule has 8 nitrogen and oxygen atoms in total. The maximum Gasteiger partial charge on any atom is 0.372 e. The molecule has 130 valence electrons. The van der Waals surface area contributed by atoms with Crippen LogP contribution in [-0.2, 0) is 9.63 Å². The number of hydrogen-bond acceptors (Lipinski definition) is 6. The maximum atomic E-state index is 11.7. The largest absolute Gasteiger partial charge is 0.481 e. The highest BCUT2D eigenvalue weighted by molar-refractivity contribution is 9.10. The van der Waals surface area contributed by atoms with Crippen molar-refractivity contribution in [3.8, 4) is 5.75 Å². The van der Waals surface area contributed by atoms with Crippen molar-refractivity contribution in [2.45, 2.75) is 6.92 Å². The Labute approximate surface area is 151 Å². The Bertz CT molecular complexity index is 821. The topological polar surface area (TPSA) is 117 Å². The molecule has 0 radical (unpaired) electrons. The Morgan fingerprint density at radius 2 is 1.96 bits per heavy atom. The molecule has 0 saturated carbocycles. The zero-order valence-electron chi connectivity index (χ0n) is 13.1. The third kappa shape index (κ3) is 5.28. The van der Waals surface area contributed by atoms with E-state index in [-0.39, 0.29) is 18.1 Å². The summed E-state index contributed by atoms with van der Waals surface area (Å²) in [6.45, 7) is 1.58. The van der Waals surface area contributed by atoms with E-state index in [1.165, 1.54) is 24.3 Å². The predicted molar refractivity (Wildman–Crippen MR) is 94.3 cm³/mol. The third-order valence-corrected chi connectivity index (χ3v) is 3.67. The number of oxime groups is 1. The van der Waals surface area contributed by atoms with Crippen molar-refractivity contribution < 1.29 is 19.3 Å². The fourth-order valence-electron chi connectivity index (χ4n) is 1.79. The second kappa shape index (κ2) is 8.25. The van der Waals surface area contributed by atoms with Crippen LogP contribution in [0.1, 0.15) is 11.1 Å². The van der Waals surface area contributed by atoms with E-state index in [0.29, 0.717) is 15.8 Å². The Morgan fingerprint density at radius 1 is 1.28 bits per heavy atom. The number of carbonyl (C=O) groups is 1. The molecular weight excluding hydrogens is 394 g/mol. The first-order chi connectivity index (χ1) is 11.9. The SMILES string of the molecule is Cc1ccc(OCC(=O)O/N=C(\N)c2ccc([N+](=O)[O-])cc2)c(Br)c1. The van der Waals surface area contributed by atoms with E-state index < -0.39 is 10.9 Å². The van der Waals surface area contributed by atoms with Crippen LogP contribution in [0.4, 0.5) is 5.69 Å². The van der Waals surface area contributed by atoms with Gasteiger partial charge in [0, 0.05) is 17.7 Å². The molecule has 25 heavy (non-hydrogen) atoms. The molecule has 0 atom stereocenters. The van der Waals surface area contributed by atoms with E-state index in [1.54, 1.807) is 6.07 Å². The van der Waals surface area contributed by atoms with Crippen molar-refractivity contribution in [1.29, 1.82) is 0 Å². The summed E-state index contributed by atoms with van der Waals surface area (Å²) in [4.78, 5) is 26.4. The number of aryl methyl sites for hydroxylation is 1. The van der Waals surface area contributed by atoms with Crippen LogP contribution in [0.5, 0.6) is 5.75 Å². The van der Waals surface area contributed by atoms with Gasteiger partial charge in [0.25, 0.3) is 5.69 Å². The molecule has 2 rings (SSSR count). The van der Waals surface area contributed by atoms with Crippen LogP contribution in [0.25, 0.3) is 0 Å². The third-order valence-electron chi connectivity index (χ3n) is 3.05. The Kier molecular flexibility index (Phi) is 6.07. The van der Waals surface area contributed by atoms with Crippen LogP contribution in [0, 0.1) is 17.0 Å². The van der Waals surface area contributed by atoms with Crippen molar-refractivity contribution >= 4 is 33.4 Å². The van der Waals surface area contributed by atoms with Gasteiger partial charge in [0.2, 0.25) is 0 Å². The number of benzene rings is 2. The molecule has 2 aromatic carbocycles. The molecular formula is C16H14BrN3O5. The highest BCUT2D eigenvalue weighted by Gasteiger charge is 2.09. The van der Waals surface area contributed by atoms with Gasteiger partial charge in [-0.1, -0.05) is 11.2 Å². The highest BCUT2D eigenvalue weighted by atomic mass is 79.9. The summed E-state index contributed by atoms with van der Waals surface area (Å²) in [5, 5.41) is 14.1. The van der Waals surface area contributed by atoms with Crippen LogP contribution < -0.4 is 10.5 Å². The van der Waals surface area contributed by atoms with Crippen LogP contribution in [0.2, 0.25) is 0 Å². The predicted octanol–water partition coefficient (Wildman–Crippen LogP) is 2.91. The fourth-order valence-corrected chi connectivity index (χ4v) is 2.40. The first-order valence-electron chi connectivity index (χ1n) is 7.04. The molecule has 0 heterocycles. The fraction of sp³-hybridized carbons (Fsp3) is 0.125. The Morgan fingerprint density at radius 3 is 2.56 bits per heavy atom. The van der Waals surface area contributed by atoms with Crippen molar-refractivity contribution in [2.24, 2.45) is 10.9 Å². The van der Waals surface area contributed by atoms with Gasteiger partial charge in [-0.25, -0.2) is 4.79 Å². The van der Waals surface area contributed by atoms with Gasteiger partial charge >= 0.3 is 5.97 Å². The molecule has 0 aromatic heterocycles. The van der Waals surface area contributed by atoms with E-state index in [1.807, 2.05) is 19.1 Å². The van der Waals surface area contributed by atoms with Crippen molar-refractivity contribution in [1.82, 2.24) is 0 Å². The highest BCUT2D eigenvalue weighted by Crippen LogP contribution is 2.25. The summed E-state index contributed by atoms with van der Waals surface area (Å²) in [7, 11) is 0. The molecule has 0 aliphatic carbocycles. The van der Waals surface area contributed by atoms with Crippen molar-refractivity contribution in [2.75, 3.05) is 6.61 Å². The maximum absolute atomic E-state index is 11.7. The number of rotatable bonds is 6. The molecule has 2 aromatic rings. The Balaban J connectivity index is 1.91. The van der Waals surface area contributed by atoms with Crippen molar-refractivity contribution in [3.05, 3.63) is 68.2 Å². The number of nitrogens with zero attached hydrogens (tertiary/aromatic N) is 2. The van der Waals surface area contributed by atoms with Crippen LogP contribution >= 0.6 is 15.9 Å². The van der Waals surface area contributed by atoms with Crippen LogP contribution in [-0.4, -0.2) is 23.3 Å². The summed E-state index contributed by atoms with van der Waals surface area (Å²) in [5.74, 6) is -0.327. The van der Waals surface area contributed by atoms with Gasteiger partial charge in [0.15, 0.2) is 12.4 Å². The average molecular weight is 408 g/mol.